The molecule has 0 spiro atoms. The van der Waals surface area contributed by atoms with E-state index in [9.17, 15) is 4.79 Å². The second kappa shape index (κ2) is 7.24. The summed E-state index contributed by atoms with van der Waals surface area (Å²) >= 11 is 6.04. The minimum atomic E-state index is -0.00258. The standard InChI is InChI=1S/C19H22ClN3O/c1-21(2)10-11-22-12-13-23(18-9-4-3-8-17(18)22)19(24)15-6-5-7-16(20)14-15/h3-9,14H,10-13H2,1-2H3. The van der Waals surface area contributed by atoms with Crippen LogP contribution in [0.4, 0.5) is 11.4 Å². The van der Waals surface area contributed by atoms with Gasteiger partial charge in [0.05, 0.1) is 11.4 Å². The highest BCUT2D eigenvalue weighted by Gasteiger charge is 2.27. The highest BCUT2D eigenvalue weighted by Crippen LogP contribution is 2.33. The molecule has 0 fully saturated rings. The zero-order valence-electron chi connectivity index (χ0n) is 14.1. The first-order valence-electron chi connectivity index (χ1n) is 8.12. The first kappa shape index (κ1) is 16.8. The van der Waals surface area contributed by atoms with Gasteiger partial charge in [-0.25, -0.2) is 0 Å². The second-order valence-electron chi connectivity index (χ2n) is 6.25. The van der Waals surface area contributed by atoms with Crippen LogP contribution in [-0.2, 0) is 0 Å². The van der Waals surface area contributed by atoms with Gasteiger partial charge in [-0.05, 0) is 44.4 Å². The van der Waals surface area contributed by atoms with Gasteiger partial charge in [-0.3, -0.25) is 4.79 Å². The number of carbonyl (C=O) groups is 1. The van der Waals surface area contributed by atoms with Crippen molar-refractivity contribution in [3.63, 3.8) is 0 Å². The van der Waals surface area contributed by atoms with E-state index in [0.717, 1.165) is 31.0 Å². The summed E-state index contributed by atoms with van der Waals surface area (Å²) < 4.78 is 0. The number of rotatable bonds is 4. The molecule has 0 saturated carbocycles. The van der Waals surface area contributed by atoms with E-state index in [4.69, 9.17) is 11.6 Å². The van der Waals surface area contributed by atoms with Gasteiger partial charge < -0.3 is 14.7 Å². The van der Waals surface area contributed by atoms with Crippen molar-refractivity contribution in [3.8, 4) is 0 Å². The molecule has 2 aromatic rings. The van der Waals surface area contributed by atoms with Crippen LogP contribution in [0, 0.1) is 0 Å². The van der Waals surface area contributed by atoms with E-state index in [-0.39, 0.29) is 5.91 Å². The number of nitrogens with zero attached hydrogens (tertiary/aromatic N) is 3. The lowest BCUT2D eigenvalue weighted by Gasteiger charge is -2.38. The lowest BCUT2D eigenvalue weighted by Crippen LogP contribution is -2.45. The Hall–Kier alpha value is -2.04. The van der Waals surface area contributed by atoms with E-state index < -0.39 is 0 Å². The fourth-order valence-electron chi connectivity index (χ4n) is 2.96. The molecule has 24 heavy (non-hydrogen) atoms. The van der Waals surface area contributed by atoms with E-state index in [0.29, 0.717) is 17.1 Å². The average molecular weight is 344 g/mol. The number of likely N-dealkylation sites (N-methyl/N-ethyl adjacent to an activating group) is 1. The Morgan fingerprint density at radius 2 is 1.83 bits per heavy atom. The van der Waals surface area contributed by atoms with Gasteiger partial charge in [0.15, 0.2) is 0 Å². The number of benzene rings is 2. The molecule has 0 aromatic heterocycles. The molecule has 3 rings (SSSR count). The second-order valence-corrected chi connectivity index (χ2v) is 6.68. The highest BCUT2D eigenvalue weighted by molar-refractivity contribution is 6.31. The zero-order valence-corrected chi connectivity index (χ0v) is 14.8. The Kier molecular flexibility index (Phi) is 5.07. The predicted octanol–water partition coefficient (Wildman–Crippen LogP) is 3.37. The maximum atomic E-state index is 12.9. The molecule has 5 heteroatoms. The van der Waals surface area contributed by atoms with Crippen LogP contribution in [-0.4, -0.2) is 51.1 Å². The van der Waals surface area contributed by atoms with Crippen LogP contribution >= 0.6 is 11.6 Å². The third kappa shape index (κ3) is 3.55. The van der Waals surface area contributed by atoms with Gasteiger partial charge in [-0.15, -0.1) is 0 Å². The van der Waals surface area contributed by atoms with Crippen molar-refractivity contribution in [2.45, 2.75) is 0 Å². The smallest absolute Gasteiger partial charge is 0.258 e. The van der Waals surface area contributed by atoms with Crippen molar-refractivity contribution < 1.29 is 4.79 Å². The average Bonchev–Trinajstić information content (AvgIpc) is 2.59. The van der Waals surface area contributed by atoms with Crippen molar-refractivity contribution in [3.05, 3.63) is 59.1 Å². The van der Waals surface area contributed by atoms with Gasteiger partial charge in [0.1, 0.15) is 0 Å². The monoisotopic (exact) mass is 343 g/mol. The lowest BCUT2D eigenvalue weighted by atomic mass is 10.1. The molecule has 126 valence electrons. The molecular formula is C19H22ClN3O. The van der Waals surface area contributed by atoms with Crippen LogP contribution in [0.2, 0.25) is 5.02 Å². The molecule has 1 heterocycles. The number of halogens is 1. The molecule has 0 aliphatic carbocycles. The molecule has 0 N–H and O–H groups in total. The normalized spacial score (nSPS) is 14.0. The fourth-order valence-corrected chi connectivity index (χ4v) is 3.15. The van der Waals surface area contributed by atoms with E-state index in [1.807, 2.05) is 35.2 Å². The summed E-state index contributed by atoms with van der Waals surface area (Å²) in [5, 5.41) is 0.582. The molecule has 1 aliphatic rings. The SMILES string of the molecule is CN(C)CCN1CCN(C(=O)c2cccc(Cl)c2)c2ccccc21. The van der Waals surface area contributed by atoms with Gasteiger partial charge >= 0.3 is 0 Å². The van der Waals surface area contributed by atoms with E-state index in [1.54, 1.807) is 12.1 Å². The fraction of sp³-hybridized carbons (Fsp3) is 0.316. The molecule has 0 atom stereocenters. The third-order valence-electron chi connectivity index (χ3n) is 4.24. The molecule has 0 unspecified atom stereocenters. The Morgan fingerprint density at radius 1 is 1.08 bits per heavy atom. The van der Waals surface area contributed by atoms with Gasteiger partial charge in [-0.2, -0.15) is 0 Å². The van der Waals surface area contributed by atoms with E-state index in [1.165, 1.54) is 0 Å². The molecule has 0 bridgehead atoms. The van der Waals surface area contributed by atoms with Crippen molar-refractivity contribution in [1.82, 2.24) is 4.90 Å². The largest absolute Gasteiger partial charge is 0.367 e. The molecule has 1 amide bonds. The summed E-state index contributed by atoms with van der Waals surface area (Å²) in [4.78, 5) is 19.3. The van der Waals surface area contributed by atoms with Crippen molar-refractivity contribution in [2.24, 2.45) is 0 Å². The summed E-state index contributed by atoms with van der Waals surface area (Å²) in [5.41, 5.74) is 2.70. The van der Waals surface area contributed by atoms with Gasteiger partial charge in [0, 0.05) is 36.8 Å². The van der Waals surface area contributed by atoms with Gasteiger partial charge in [0.2, 0.25) is 0 Å². The molecule has 0 saturated heterocycles. The summed E-state index contributed by atoms with van der Waals surface area (Å²) in [6.45, 7) is 3.44. The number of amides is 1. The Morgan fingerprint density at radius 3 is 2.54 bits per heavy atom. The molecule has 2 aromatic carbocycles. The van der Waals surface area contributed by atoms with Gasteiger partial charge in [-0.1, -0.05) is 29.8 Å². The summed E-state index contributed by atoms with van der Waals surface area (Å²) in [6, 6.07) is 15.2. The van der Waals surface area contributed by atoms with Crippen LogP contribution < -0.4 is 9.80 Å². The zero-order chi connectivity index (χ0) is 17.1. The number of anilines is 2. The lowest BCUT2D eigenvalue weighted by molar-refractivity contribution is 0.0986. The van der Waals surface area contributed by atoms with Gasteiger partial charge in [0.25, 0.3) is 5.91 Å². The van der Waals surface area contributed by atoms with E-state index in [2.05, 4.69) is 30.0 Å². The van der Waals surface area contributed by atoms with Crippen molar-refractivity contribution >= 4 is 28.9 Å². The number of fused-ring (bicyclic) bond motifs is 1. The van der Waals surface area contributed by atoms with Crippen LogP contribution in [0.15, 0.2) is 48.5 Å². The van der Waals surface area contributed by atoms with E-state index >= 15 is 0 Å². The quantitative estimate of drug-likeness (QED) is 0.851. The summed E-state index contributed by atoms with van der Waals surface area (Å²) in [5.74, 6) is -0.00258. The maximum Gasteiger partial charge on any atom is 0.258 e. The molecule has 1 aliphatic heterocycles. The van der Waals surface area contributed by atoms with Crippen LogP contribution in [0.3, 0.4) is 0 Å². The van der Waals surface area contributed by atoms with Crippen LogP contribution in [0.1, 0.15) is 10.4 Å². The van der Waals surface area contributed by atoms with Crippen molar-refractivity contribution in [1.29, 1.82) is 0 Å². The first-order chi connectivity index (χ1) is 11.6. The first-order valence-corrected chi connectivity index (χ1v) is 8.50. The Bertz CT molecular complexity index is 732. The summed E-state index contributed by atoms with van der Waals surface area (Å²) in [7, 11) is 4.15. The Labute approximate surface area is 148 Å². The number of para-hydroxylation sites is 2. The van der Waals surface area contributed by atoms with Crippen molar-refractivity contribution in [2.75, 3.05) is 50.1 Å². The highest BCUT2D eigenvalue weighted by atomic mass is 35.5. The minimum absolute atomic E-state index is 0.00258. The molecule has 0 radical (unpaired) electrons. The number of hydrogen-bond donors (Lipinski definition) is 0. The molecule has 4 nitrogen and oxygen atoms in total. The Balaban J connectivity index is 1.88. The summed E-state index contributed by atoms with van der Waals surface area (Å²) in [6.07, 6.45) is 0. The molecular weight excluding hydrogens is 322 g/mol. The predicted molar refractivity (Wildman–Crippen MR) is 100 cm³/mol. The number of hydrogen-bond acceptors (Lipinski definition) is 3. The maximum absolute atomic E-state index is 12.9. The van der Waals surface area contributed by atoms with Crippen LogP contribution in [0.25, 0.3) is 0 Å². The third-order valence-corrected chi connectivity index (χ3v) is 4.48. The minimum Gasteiger partial charge on any atom is -0.367 e. The topological polar surface area (TPSA) is 26.8 Å². The van der Waals surface area contributed by atoms with Crippen LogP contribution in [0.5, 0.6) is 0 Å². The number of carbonyl (C=O) groups excluding carboxylic acids is 1.